The summed E-state index contributed by atoms with van der Waals surface area (Å²) in [7, 11) is 0. The molecule has 0 saturated heterocycles. The van der Waals surface area contributed by atoms with Gasteiger partial charge in [-0.3, -0.25) is 15.5 Å². The first-order valence-electron chi connectivity index (χ1n) is 7.78. The van der Waals surface area contributed by atoms with Crippen LogP contribution in [0, 0.1) is 5.82 Å². The number of guanidine groups is 1. The fourth-order valence-electron chi connectivity index (χ4n) is 2.08. The van der Waals surface area contributed by atoms with Crippen LogP contribution in [0.4, 0.5) is 17.6 Å². The molecular formula is C16H12F4N6OS. The van der Waals surface area contributed by atoms with Gasteiger partial charge in [-0.25, -0.2) is 14.4 Å². The molecule has 1 aromatic heterocycles. The minimum absolute atomic E-state index is 0.0699. The maximum Gasteiger partial charge on any atom is 0.431 e. The van der Waals surface area contributed by atoms with Crippen LogP contribution in [0.25, 0.3) is 0 Å². The maximum absolute atomic E-state index is 13.0. The van der Waals surface area contributed by atoms with Crippen LogP contribution in [0.15, 0.2) is 50.9 Å². The quantitative estimate of drug-likeness (QED) is 0.461. The zero-order valence-electron chi connectivity index (χ0n) is 14.0. The van der Waals surface area contributed by atoms with Gasteiger partial charge in [0.05, 0.1) is 13.0 Å². The Morgan fingerprint density at radius 1 is 1.29 bits per heavy atom. The number of amides is 1. The van der Waals surface area contributed by atoms with Crippen LogP contribution < -0.4 is 10.7 Å². The first-order valence-corrected chi connectivity index (χ1v) is 8.66. The number of aliphatic imine (C=N–C) groups is 2. The zero-order valence-corrected chi connectivity index (χ0v) is 14.8. The Morgan fingerprint density at radius 2 is 2.04 bits per heavy atom. The van der Waals surface area contributed by atoms with Crippen LogP contribution in [0.2, 0.25) is 0 Å². The summed E-state index contributed by atoms with van der Waals surface area (Å²) in [6.45, 7) is 0.0699. The fraction of sp³-hybridized carbons (Fsp3) is 0.188. The van der Waals surface area contributed by atoms with Gasteiger partial charge >= 0.3 is 6.18 Å². The SMILES string of the molecule is O=C(NC(N=C1CC(C(F)(F)F)=NN1)=NCc1nccs1)c1ccc(F)cc1. The predicted molar refractivity (Wildman–Crippen MR) is 95.8 cm³/mol. The Balaban J connectivity index is 1.77. The van der Waals surface area contributed by atoms with Crippen molar-refractivity contribution in [1.82, 2.24) is 15.7 Å². The molecule has 0 spiro atoms. The summed E-state index contributed by atoms with van der Waals surface area (Å²) in [5.41, 5.74) is 1.28. The Morgan fingerprint density at radius 3 is 2.64 bits per heavy atom. The first kappa shape index (κ1) is 19.6. The van der Waals surface area contributed by atoms with Gasteiger partial charge in [-0.1, -0.05) is 0 Å². The maximum atomic E-state index is 13.0. The van der Waals surface area contributed by atoms with Crippen molar-refractivity contribution in [1.29, 1.82) is 0 Å². The standard InChI is InChI=1S/C16H12F4N6OS/c17-10-3-1-9(2-4-10)14(27)24-15(22-8-13-21-5-6-28-13)23-12-7-11(25-26-12)16(18,19)20/h1-6H,7-8H2,(H2,22,23,24,26,27). The molecule has 12 heteroatoms. The molecule has 1 amide bonds. The number of halogens is 4. The largest absolute Gasteiger partial charge is 0.431 e. The second-order valence-electron chi connectivity index (χ2n) is 5.43. The lowest BCUT2D eigenvalue weighted by Gasteiger charge is -2.06. The molecule has 0 unspecified atom stereocenters. The summed E-state index contributed by atoms with van der Waals surface area (Å²) in [6.07, 6.45) is -3.59. The molecule has 0 atom stereocenters. The summed E-state index contributed by atoms with van der Waals surface area (Å²) in [4.78, 5) is 24.4. The molecule has 0 radical (unpaired) electrons. The Bertz CT molecular complexity index is 935. The van der Waals surface area contributed by atoms with E-state index >= 15 is 0 Å². The van der Waals surface area contributed by atoms with Crippen molar-refractivity contribution in [3.63, 3.8) is 0 Å². The highest BCUT2D eigenvalue weighted by atomic mass is 32.1. The molecule has 7 nitrogen and oxygen atoms in total. The molecule has 1 aliphatic rings. The van der Waals surface area contributed by atoms with E-state index in [1.165, 1.54) is 23.5 Å². The van der Waals surface area contributed by atoms with Crippen molar-refractivity contribution < 1.29 is 22.4 Å². The average molecular weight is 412 g/mol. The van der Waals surface area contributed by atoms with Crippen LogP contribution >= 0.6 is 11.3 Å². The van der Waals surface area contributed by atoms with E-state index in [1.807, 2.05) is 0 Å². The first-order chi connectivity index (χ1) is 13.3. The van der Waals surface area contributed by atoms with Crippen molar-refractivity contribution in [2.75, 3.05) is 0 Å². The van der Waals surface area contributed by atoms with Gasteiger partial charge < -0.3 is 0 Å². The molecule has 0 bridgehead atoms. The lowest BCUT2D eigenvalue weighted by atomic mass is 10.2. The molecule has 146 valence electrons. The molecule has 0 saturated carbocycles. The molecule has 28 heavy (non-hydrogen) atoms. The monoisotopic (exact) mass is 412 g/mol. The number of alkyl halides is 3. The van der Waals surface area contributed by atoms with Crippen LogP contribution in [0.3, 0.4) is 0 Å². The van der Waals surface area contributed by atoms with Gasteiger partial charge in [-0.05, 0) is 24.3 Å². The zero-order chi connectivity index (χ0) is 20.1. The van der Waals surface area contributed by atoms with Gasteiger partial charge in [0.2, 0.25) is 5.96 Å². The third-order valence-corrected chi connectivity index (χ3v) is 4.17. The number of hydrogen-bond acceptors (Lipinski definition) is 5. The Kier molecular flexibility index (Phi) is 5.78. The van der Waals surface area contributed by atoms with Crippen molar-refractivity contribution in [2.24, 2.45) is 15.1 Å². The third-order valence-electron chi connectivity index (χ3n) is 3.40. The number of thiazole rings is 1. The number of benzene rings is 1. The van der Waals surface area contributed by atoms with Crippen LogP contribution in [0.1, 0.15) is 21.8 Å². The minimum Gasteiger partial charge on any atom is -0.291 e. The number of hydrogen-bond donors (Lipinski definition) is 2. The van der Waals surface area contributed by atoms with Crippen LogP contribution in [-0.2, 0) is 6.54 Å². The molecular weight excluding hydrogens is 400 g/mol. The second kappa shape index (κ2) is 8.25. The number of carbonyl (C=O) groups is 1. The highest BCUT2D eigenvalue weighted by Crippen LogP contribution is 2.21. The Hall–Kier alpha value is -3.15. The van der Waals surface area contributed by atoms with Crippen LogP contribution in [-0.4, -0.2) is 34.6 Å². The molecule has 1 aromatic carbocycles. The highest BCUT2D eigenvalue weighted by Gasteiger charge is 2.39. The van der Waals surface area contributed by atoms with Gasteiger partial charge in [0.15, 0.2) is 0 Å². The molecule has 2 aromatic rings. The van der Waals surface area contributed by atoms with Gasteiger partial charge in [0.25, 0.3) is 5.91 Å². The number of rotatable bonds is 3. The van der Waals surface area contributed by atoms with E-state index in [0.717, 1.165) is 12.1 Å². The lowest BCUT2D eigenvalue weighted by Crippen LogP contribution is -2.31. The predicted octanol–water partition coefficient (Wildman–Crippen LogP) is 2.88. The number of aromatic nitrogens is 1. The molecule has 2 heterocycles. The lowest BCUT2D eigenvalue weighted by molar-refractivity contribution is -0.0596. The van der Waals surface area contributed by atoms with Crippen LogP contribution in [0.5, 0.6) is 0 Å². The van der Waals surface area contributed by atoms with Crippen molar-refractivity contribution in [3.8, 4) is 0 Å². The fourth-order valence-corrected chi connectivity index (χ4v) is 2.62. The Labute approximate surface area is 159 Å². The number of nitrogens with zero attached hydrogens (tertiary/aromatic N) is 4. The smallest absolute Gasteiger partial charge is 0.291 e. The topological polar surface area (TPSA) is 91.1 Å². The summed E-state index contributed by atoms with van der Waals surface area (Å²) in [6, 6.07) is 4.73. The number of hydrazone groups is 1. The summed E-state index contributed by atoms with van der Waals surface area (Å²) >= 11 is 1.32. The van der Waals surface area contributed by atoms with Crippen molar-refractivity contribution in [3.05, 3.63) is 52.2 Å². The molecule has 1 aliphatic heterocycles. The molecule has 0 fully saturated rings. The highest BCUT2D eigenvalue weighted by molar-refractivity contribution is 7.09. The second-order valence-corrected chi connectivity index (χ2v) is 6.41. The van der Waals surface area contributed by atoms with Crippen molar-refractivity contribution >= 4 is 34.8 Å². The average Bonchev–Trinajstić information content (AvgIpc) is 3.31. The third kappa shape index (κ3) is 5.19. The molecule has 2 N–H and O–H groups in total. The van der Waals surface area contributed by atoms with E-state index in [-0.39, 0.29) is 23.9 Å². The van der Waals surface area contributed by atoms with E-state index in [1.54, 1.807) is 11.6 Å². The molecule has 0 aliphatic carbocycles. The number of nitrogens with one attached hydrogen (secondary N) is 2. The van der Waals surface area contributed by atoms with Crippen molar-refractivity contribution in [2.45, 2.75) is 19.1 Å². The summed E-state index contributed by atoms with van der Waals surface area (Å²) < 4.78 is 51.1. The van der Waals surface area contributed by atoms with E-state index < -0.39 is 30.0 Å². The van der Waals surface area contributed by atoms with E-state index in [2.05, 4.69) is 30.8 Å². The van der Waals surface area contributed by atoms with E-state index in [9.17, 15) is 22.4 Å². The minimum atomic E-state index is -4.58. The van der Waals surface area contributed by atoms with Gasteiger partial charge in [-0.15, -0.1) is 11.3 Å². The summed E-state index contributed by atoms with van der Waals surface area (Å²) in [5, 5.41) is 7.95. The summed E-state index contributed by atoms with van der Waals surface area (Å²) in [5.74, 6) is -1.49. The van der Waals surface area contributed by atoms with Gasteiger partial charge in [-0.2, -0.15) is 23.3 Å². The number of carbonyl (C=O) groups excluding carboxylic acids is 1. The normalized spacial score (nSPS) is 16.1. The number of amidine groups is 1. The van der Waals surface area contributed by atoms with Gasteiger partial charge in [0.1, 0.15) is 22.4 Å². The van der Waals surface area contributed by atoms with E-state index in [0.29, 0.717) is 5.01 Å². The van der Waals surface area contributed by atoms with E-state index in [4.69, 9.17) is 0 Å². The van der Waals surface area contributed by atoms with Gasteiger partial charge in [0, 0.05) is 17.1 Å². The molecule has 3 rings (SSSR count).